The fraction of sp³-hybridized carbons (Fsp3) is 0.812. The minimum Gasteiger partial charge on any atom is -0.343 e. The maximum Gasteiger partial charge on any atom is 0.243 e. The molecule has 1 rings (SSSR count). The molecule has 0 radical (unpaired) electrons. The Morgan fingerprint density at radius 3 is 1.55 bits per heavy atom. The normalized spacial score (nSPS) is 27.1. The van der Waals surface area contributed by atoms with Gasteiger partial charge in [0.1, 0.15) is 18.1 Å². The van der Waals surface area contributed by atoms with Crippen molar-refractivity contribution in [1.82, 2.24) is 16.0 Å². The number of nitrogens with one attached hydrogen (secondary N) is 3. The number of amides is 3. The highest BCUT2D eigenvalue weighted by molar-refractivity contribution is 5.97. The van der Waals surface area contributed by atoms with Crippen molar-refractivity contribution in [1.29, 1.82) is 0 Å². The van der Waals surface area contributed by atoms with E-state index < -0.39 is 18.1 Å². The molecule has 0 unspecified atom stereocenters. The van der Waals surface area contributed by atoms with Crippen LogP contribution in [-0.2, 0) is 14.4 Å². The van der Waals surface area contributed by atoms with E-state index in [9.17, 15) is 14.4 Å². The maximum absolute atomic E-state index is 12.4. The summed E-state index contributed by atoms with van der Waals surface area (Å²) < 4.78 is 0. The molecule has 0 spiro atoms. The van der Waals surface area contributed by atoms with Gasteiger partial charge in [0.05, 0.1) is 0 Å². The predicted molar refractivity (Wildman–Crippen MR) is 84.9 cm³/mol. The lowest BCUT2D eigenvalue weighted by Crippen LogP contribution is -2.54. The van der Waals surface area contributed by atoms with E-state index >= 15 is 0 Å². The molecular weight excluding hydrogens is 282 g/mol. The van der Waals surface area contributed by atoms with Gasteiger partial charge in [-0.25, -0.2) is 0 Å². The Balaban J connectivity index is 3.12. The molecule has 0 aromatic heterocycles. The molecule has 0 aromatic carbocycles. The molecule has 1 aliphatic heterocycles. The first kappa shape index (κ1) is 18.5. The zero-order valence-corrected chi connectivity index (χ0v) is 14.4. The summed E-state index contributed by atoms with van der Waals surface area (Å²) in [6, 6.07) is -1.87. The van der Waals surface area contributed by atoms with Gasteiger partial charge >= 0.3 is 0 Å². The van der Waals surface area contributed by atoms with Crippen LogP contribution < -0.4 is 16.0 Å². The standard InChI is InChI=1S/C16H29N3O3/c1-8(2)7-11-14(20)18-13(10(5)6)16(22)19-12(9(3)4)15(21)17-11/h8-13H,7H2,1-6H3,(H,17,21)(H,18,20)(H,19,22)/t11-,12+,13+/m1/s1. The van der Waals surface area contributed by atoms with E-state index in [1.54, 1.807) is 0 Å². The molecule has 0 aromatic rings. The van der Waals surface area contributed by atoms with E-state index in [2.05, 4.69) is 16.0 Å². The average molecular weight is 311 g/mol. The van der Waals surface area contributed by atoms with Gasteiger partial charge in [-0.05, 0) is 24.2 Å². The van der Waals surface area contributed by atoms with Crippen molar-refractivity contribution in [3.05, 3.63) is 0 Å². The Kier molecular flexibility index (Phi) is 6.38. The topological polar surface area (TPSA) is 87.3 Å². The van der Waals surface area contributed by atoms with Crippen LogP contribution in [-0.4, -0.2) is 35.8 Å². The number of hydrogen-bond donors (Lipinski definition) is 3. The number of rotatable bonds is 4. The van der Waals surface area contributed by atoms with Gasteiger partial charge in [-0.1, -0.05) is 41.5 Å². The molecule has 1 aliphatic rings. The van der Waals surface area contributed by atoms with Crippen molar-refractivity contribution in [3.63, 3.8) is 0 Å². The average Bonchev–Trinajstić information content (AvgIpc) is 2.42. The second-order valence-electron chi connectivity index (χ2n) is 7.15. The molecule has 0 bridgehead atoms. The Labute approximate surface area is 132 Å². The Morgan fingerprint density at radius 2 is 1.14 bits per heavy atom. The van der Waals surface area contributed by atoms with Crippen LogP contribution >= 0.6 is 0 Å². The Bertz CT molecular complexity index is 426. The smallest absolute Gasteiger partial charge is 0.243 e. The summed E-state index contributed by atoms with van der Waals surface area (Å²) in [5.41, 5.74) is 0. The van der Waals surface area contributed by atoms with Crippen LogP contribution in [0, 0.1) is 17.8 Å². The van der Waals surface area contributed by atoms with Crippen molar-refractivity contribution >= 4 is 17.7 Å². The molecule has 0 saturated carbocycles. The van der Waals surface area contributed by atoms with Crippen molar-refractivity contribution in [2.24, 2.45) is 17.8 Å². The summed E-state index contributed by atoms with van der Waals surface area (Å²) in [5, 5.41) is 8.33. The third-order valence-corrected chi connectivity index (χ3v) is 3.83. The van der Waals surface area contributed by atoms with Crippen molar-refractivity contribution in [2.75, 3.05) is 0 Å². The fourth-order valence-corrected chi connectivity index (χ4v) is 2.53. The lowest BCUT2D eigenvalue weighted by Gasteiger charge is -2.24. The molecule has 22 heavy (non-hydrogen) atoms. The zero-order chi connectivity index (χ0) is 17.0. The van der Waals surface area contributed by atoms with Gasteiger partial charge in [0, 0.05) is 0 Å². The second kappa shape index (κ2) is 7.61. The summed E-state index contributed by atoms with van der Waals surface area (Å²) in [4.78, 5) is 37.2. The van der Waals surface area contributed by atoms with Crippen molar-refractivity contribution in [3.8, 4) is 0 Å². The van der Waals surface area contributed by atoms with Crippen molar-refractivity contribution in [2.45, 2.75) is 66.1 Å². The first-order valence-corrected chi connectivity index (χ1v) is 8.04. The van der Waals surface area contributed by atoms with Gasteiger partial charge in [-0.2, -0.15) is 0 Å². The predicted octanol–water partition coefficient (Wildman–Crippen LogP) is 0.813. The van der Waals surface area contributed by atoms with Gasteiger partial charge in [0.15, 0.2) is 0 Å². The molecule has 3 atom stereocenters. The third kappa shape index (κ3) is 4.71. The minimum atomic E-state index is -0.629. The van der Waals surface area contributed by atoms with Crippen LogP contribution in [0.25, 0.3) is 0 Å². The highest BCUT2D eigenvalue weighted by Gasteiger charge is 2.36. The molecule has 0 aliphatic carbocycles. The highest BCUT2D eigenvalue weighted by Crippen LogP contribution is 2.12. The van der Waals surface area contributed by atoms with Gasteiger partial charge in [0.25, 0.3) is 0 Å². The summed E-state index contributed by atoms with van der Waals surface area (Å²) in [5.74, 6) is -0.735. The van der Waals surface area contributed by atoms with E-state index in [0.29, 0.717) is 6.42 Å². The van der Waals surface area contributed by atoms with E-state index in [1.807, 2.05) is 41.5 Å². The number of carbonyl (C=O) groups is 3. The lowest BCUT2D eigenvalue weighted by molar-refractivity contribution is -0.131. The van der Waals surface area contributed by atoms with E-state index in [1.165, 1.54) is 0 Å². The molecule has 6 heteroatoms. The molecular formula is C16H29N3O3. The summed E-state index contributed by atoms with van der Waals surface area (Å²) in [6.45, 7) is 11.5. The van der Waals surface area contributed by atoms with Crippen LogP contribution in [0.3, 0.4) is 0 Å². The quantitative estimate of drug-likeness (QED) is 0.718. The third-order valence-electron chi connectivity index (χ3n) is 3.83. The highest BCUT2D eigenvalue weighted by atomic mass is 16.2. The second-order valence-corrected chi connectivity index (χ2v) is 7.15. The zero-order valence-electron chi connectivity index (χ0n) is 14.4. The molecule has 6 nitrogen and oxygen atoms in total. The molecule has 1 saturated heterocycles. The maximum atomic E-state index is 12.4. The van der Waals surface area contributed by atoms with Crippen LogP contribution in [0.1, 0.15) is 48.0 Å². The lowest BCUT2D eigenvalue weighted by atomic mass is 10.00. The largest absolute Gasteiger partial charge is 0.343 e. The van der Waals surface area contributed by atoms with E-state index in [0.717, 1.165) is 0 Å². The van der Waals surface area contributed by atoms with Gasteiger partial charge in [0.2, 0.25) is 17.7 Å². The van der Waals surface area contributed by atoms with Crippen LogP contribution in [0.5, 0.6) is 0 Å². The summed E-state index contributed by atoms with van der Waals surface area (Å²) in [7, 11) is 0. The monoisotopic (exact) mass is 311 g/mol. The van der Waals surface area contributed by atoms with Crippen LogP contribution in [0.2, 0.25) is 0 Å². The molecule has 3 amide bonds. The van der Waals surface area contributed by atoms with E-state index in [-0.39, 0.29) is 35.5 Å². The fourth-order valence-electron chi connectivity index (χ4n) is 2.53. The Morgan fingerprint density at radius 1 is 0.727 bits per heavy atom. The van der Waals surface area contributed by atoms with Crippen LogP contribution in [0.15, 0.2) is 0 Å². The first-order chi connectivity index (χ1) is 10.1. The molecule has 126 valence electrons. The van der Waals surface area contributed by atoms with Gasteiger partial charge in [-0.15, -0.1) is 0 Å². The first-order valence-electron chi connectivity index (χ1n) is 8.04. The summed E-state index contributed by atoms with van der Waals surface area (Å²) >= 11 is 0. The molecule has 1 heterocycles. The Hall–Kier alpha value is -1.59. The minimum absolute atomic E-state index is 0.0512. The summed E-state index contributed by atoms with van der Waals surface area (Å²) in [6.07, 6.45) is 0.543. The van der Waals surface area contributed by atoms with E-state index in [4.69, 9.17) is 0 Å². The molecule has 1 fully saturated rings. The SMILES string of the molecule is CC(C)C[C@H]1NC(=O)[C@H](C(C)C)NC(=O)[C@H](C(C)C)NC1=O. The van der Waals surface area contributed by atoms with Crippen LogP contribution in [0.4, 0.5) is 0 Å². The van der Waals surface area contributed by atoms with Gasteiger partial charge < -0.3 is 16.0 Å². The number of hydrogen-bond acceptors (Lipinski definition) is 3. The van der Waals surface area contributed by atoms with Gasteiger partial charge in [-0.3, -0.25) is 14.4 Å². The number of carbonyl (C=O) groups excluding carboxylic acids is 3. The molecule has 3 N–H and O–H groups in total. The van der Waals surface area contributed by atoms with Crippen molar-refractivity contribution < 1.29 is 14.4 Å².